The van der Waals surface area contributed by atoms with Crippen LogP contribution in [0.3, 0.4) is 0 Å². The maximum absolute atomic E-state index is 5.79. The van der Waals surface area contributed by atoms with Crippen LogP contribution in [0, 0.1) is 0 Å². The highest BCUT2D eigenvalue weighted by atomic mass is 16.6. The fraction of sp³-hybridized carbons (Fsp3) is 0.211. The fourth-order valence-electron chi connectivity index (χ4n) is 3.47. The van der Waals surface area contributed by atoms with Crippen LogP contribution in [0.5, 0.6) is 0 Å². The van der Waals surface area contributed by atoms with E-state index in [2.05, 4.69) is 31.7 Å². The summed E-state index contributed by atoms with van der Waals surface area (Å²) in [5.74, 6) is 0.710. The molecule has 0 N–H and O–H groups in total. The van der Waals surface area contributed by atoms with E-state index in [1.165, 1.54) is 6.33 Å². The minimum atomic E-state index is -0.193. The molecule has 0 radical (unpaired) electrons. The molecule has 5 rings (SSSR count). The third-order valence-corrected chi connectivity index (χ3v) is 4.72. The summed E-state index contributed by atoms with van der Waals surface area (Å²) in [5, 5.41) is 8.53. The van der Waals surface area contributed by atoms with E-state index in [0.717, 1.165) is 34.4 Å². The monoisotopic (exact) mass is 359 g/mol. The van der Waals surface area contributed by atoms with E-state index in [-0.39, 0.29) is 6.10 Å². The van der Waals surface area contributed by atoms with Crippen LogP contribution >= 0.6 is 0 Å². The van der Waals surface area contributed by atoms with E-state index >= 15 is 0 Å². The number of pyridine rings is 1. The van der Waals surface area contributed by atoms with E-state index in [0.29, 0.717) is 12.4 Å². The van der Waals surface area contributed by atoms with Gasteiger partial charge in [-0.05, 0) is 12.5 Å². The van der Waals surface area contributed by atoms with Gasteiger partial charge in [-0.15, -0.1) is 0 Å². The molecule has 27 heavy (non-hydrogen) atoms. The minimum absolute atomic E-state index is 0.193. The molecule has 0 aliphatic carbocycles. The normalized spacial score (nSPS) is 16.5. The number of imidazole rings is 1. The van der Waals surface area contributed by atoms with Gasteiger partial charge in [0.15, 0.2) is 6.10 Å². The van der Waals surface area contributed by atoms with Gasteiger partial charge in [0.2, 0.25) is 5.95 Å². The Morgan fingerprint density at radius 3 is 2.81 bits per heavy atom. The average molecular weight is 359 g/mol. The summed E-state index contributed by atoms with van der Waals surface area (Å²) < 4.78 is 3.76. The molecule has 3 aromatic heterocycles. The Labute approximate surface area is 155 Å². The van der Waals surface area contributed by atoms with E-state index in [9.17, 15) is 0 Å². The Morgan fingerprint density at radius 1 is 1.15 bits per heavy atom. The van der Waals surface area contributed by atoms with E-state index in [1.54, 1.807) is 17.2 Å². The number of hydrogen-bond acceptors (Lipinski definition) is 6. The lowest BCUT2D eigenvalue weighted by molar-refractivity contribution is 0.0863. The average Bonchev–Trinajstić information content (AvgIpc) is 3.47. The molecule has 0 saturated carbocycles. The highest BCUT2D eigenvalue weighted by Crippen LogP contribution is 2.34. The standard InChI is InChI=1S/C19H17N7O/c1-2-25-18-14(17-8-15(24-27-17)13-6-4-3-5-7-13)9-20-10-16(18)23-19(25)26-12-21-11-22-26/h3-7,9-12,17H,2,8H2,1H3. The summed E-state index contributed by atoms with van der Waals surface area (Å²) in [4.78, 5) is 18.9. The van der Waals surface area contributed by atoms with Gasteiger partial charge >= 0.3 is 0 Å². The molecule has 4 aromatic rings. The number of rotatable bonds is 4. The lowest BCUT2D eigenvalue weighted by Crippen LogP contribution is -2.09. The lowest BCUT2D eigenvalue weighted by atomic mass is 10.0. The first-order valence-corrected chi connectivity index (χ1v) is 8.82. The summed E-state index contributed by atoms with van der Waals surface area (Å²) in [6.07, 6.45) is 7.25. The van der Waals surface area contributed by atoms with Crippen LogP contribution < -0.4 is 0 Å². The van der Waals surface area contributed by atoms with Crippen LogP contribution in [0.15, 0.2) is 60.5 Å². The van der Waals surface area contributed by atoms with Crippen molar-refractivity contribution in [2.24, 2.45) is 5.16 Å². The summed E-state index contributed by atoms with van der Waals surface area (Å²) in [5.41, 5.74) is 4.79. The number of hydrogen-bond donors (Lipinski definition) is 0. The molecule has 1 unspecified atom stereocenters. The van der Waals surface area contributed by atoms with E-state index in [1.807, 2.05) is 36.5 Å². The van der Waals surface area contributed by atoms with Gasteiger partial charge in [0.05, 0.1) is 17.4 Å². The molecule has 1 atom stereocenters. The summed E-state index contributed by atoms with van der Waals surface area (Å²) in [7, 11) is 0. The number of aryl methyl sites for hydroxylation is 1. The minimum Gasteiger partial charge on any atom is -0.387 e. The summed E-state index contributed by atoms with van der Waals surface area (Å²) >= 11 is 0. The molecule has 0 spiro atoms. The molecular formula is C19H17N7O. The van der Waals surface area contributed by atoms with Crippen molar-refractivity contribution in [2.75, 3.05) is 0 Å². The van der Waals surface area contributed by atoms with Gasteiger partial charge in [-0.2, -0.15) is 9.78 Å². The predicted octanol–water partition coefficient (Wildman–Crippen LogP) is 2.90. The van der Waals surface area contributed by atoms with Gasteiger partial charge in [-0.1, -0.05) is 35.5 Å². The molecule has 0 bridgehead atoms. The first-order chi connectivity index (χ1) is 13.3. The van der Waals surface area contributed by atoms with Crippen molar-refractivity contribution in [1.29, 1.82) is 0 Å². The Balaban J connectivity index is 1.57. The van der Waals surface area contributed by atoms with Crippen molar-refractivity contribution < 1.29 is 4.84 Å². The van der Waals surface area contributed by atoms with Crippen molar-refractivity contribution in [2.45, 2.75) is 26.0 Å². The predicted molar refractivity (Wildman–Crippen MR) is 99.5 cm³/mol. The van der Waals surface area contributed by atoms with Crippen LogP contribution in [-0.4, -0.2) is 35.0 Å². The smallest absolute Gasteiger partial charge is 0.233 e. The molecule has 1 aliphatic heterocycles. The molecule has 4 heterocycles. The second kappa shape index (κ2) is 6.31. The molecular weight excluding hydrogens is 342 g/mol. The van der Waals surface area contributed by atoms with Crippen molar-refractivity contribution in [3.05, 3.63) is 66.5 Å². The second-order valence-electron chi connectivity index (χ2n) is 6.29. The van der Waals surface area contributed by atoms with Crippen molar-refractivity contribution in [1.82, 2.24) is 29.3 Å². The highest BCUT2D eigenvalue weighted by Gasteiger charge is 2.28. The lowest BCUT2D eigenvalue weighted by Gasteiger charge is -2.12. The number of aromatic nitrogens is 6. The molecule has 0 fully saturated rings. The highest BCUT2D eigenvalue weighted by molar-refractivity contribution is 6.01. The Hall–Kier alpha value is -3.55. The van der Waals surface area contributed by atoms with Gasteiger partial charge in [0.1, 0.15) is 18.2 Å². The van der Waals surface area contributed by atoms with Crippen LogP contribution in [0.4, 0.5) is 0 Å². The summed E-state index contributed by atoms with van der Waals surface area (Å²) in [6.45, 7) is 2.81. The Morgan fingerprint density at radius 2 is 2.04 bits per heavy atom. The van der Waals surface area contributed by atoms with Crippen LogP contribution in [0.2, 0.25) is 0 Å². The zero-order chi connectivity index (χ0) is 18.2. The molecule has 134 valence electrons. The molecule has 1 aliphatic rings. The van der Waals surface area contributed by atoms with E-state index in [4.69, 9.17) is 9.82 Å². The van der Waals surface area contributed by atoms with Crippen LogP contribution in [0.25, 0.3) is 17.0 Å². The third kappa shape index (κ3) is 2.57. The summed E-state index contributed by atoms with van der Waals surface area (Å²) in [6, 6.07) is 10.1. The van der Waals surface area contributed by atoms with Gasteiger partial charge in [-0.25, -0.2) is 9.97 Å². The Kier molecular flexibility index (Phi) is 3.67. The molecule has 0 amide bonds. The topological polar surface area (TPSA) is 83.0 Å². The zero-order valence-corrected chi connectivity index (χ0v) is 14.7. The van der Waals surface area contributed by atoms with Gasteiger partial charge in [-0.3, -0.25) is 4.98 Å². The van der Waals surface area contributed by atoms with Crippen molar-refractivity contribution in [3.63, 3.8) is 0 Å². The van der Waals surface area contributed by atoms with Crippen molar-refractivity contribution in [3.8, 4) is 5.95 Å². The maximum atomic E-state index is 5.79. The van der Waals surface area contributed by atoms with Gasteiger partial charge in [0.25, 0.3) is 0 Å². The van der Waals surface area contributed by atoms with Crippen LogP contribution in [0.1, 0.15) is 30.6 Å². The second-order valence-corrected chi connectivity index (χ2v) is 6.29. The Bertz CT molecular complexity index is 1120. The molecule has 8 nitrogen and oxygen atoms in total. The number of nitrogens with zero attached hydrogens (tertiary/aromatic N) is 7. The first kappa shape index (κ1) is 15.7. The van der Waals surface area contributed by atoms with Crippen LogP contribution in [-0.2, 0) is 11.4 Å². The fourth-order valence-corrected chi connectivity index (χ4v) is 3.47. The van der Waals surface area contributed by atoms with E-state index < -0.39 is 0 Å². The van der Waals surface area contributed by atoms with Gasteiger partial charge in [0, 0.05) is 24.7 Å². The maximum Gasteiger partial charge on any atom is 0.233 e. The number of oxime groups is 1. The molecule has 1 aromatic carbocycles. The SMILES string of the molecule is CCn1c(-n2cncn2)nc2cncc(C3CC(c4ccccc4)=NO3)c21. The van der Waals surface area contributed by atoms with Crippen molar-refractivity contribution >= 4 is 16.7 Å². The molecule has 8 heteroatoms. The number of benzene rings is 1. The first-order valence-electron chi connectivity index (χ1n) is 8.82. The molecule has 0 saturated heterocycles. The zero-order valence-electron chi connectivity index (χ0n) is 14.7. The largest absolute Gasteiger partial charge is 0.387 e. The third-order valence-electron chi connectivity index (χ3n) is 4.72. The van der Waals surface area contributed by atoms with Gasteiger partial charge < -0.3 is 9.40 Å². The quantitative estimate of drug-likeness (QED) is 0.559. The number of fused-ring (bicyclic) bond motifs is 1.